The molecule has 1 atom stereocenters. The second kappa shape index (κ2) is 19.7. The molecule has 1 unspecified atom stereocenters. The van der Waals surface area contributed by atoms with E-state index in [4.69, 9.17) is 0 Å². The quantitative estimate of drug-likeness (QED) is 0.165. The fourth-order valence-corrected chi connectivity index (χ4v) is 10.5. The number of fused-ring (bicyclic) bond motifs is 2. The van der Waals surface area contributed by atoms with Crippen LogP contribution in [-0.4, -0.2) is 139 Å². The summed E-state index contributed by atoms with van der Waals surface area (Å²) in [5, 5.41) is 19.4. The van der Waals surface area contributed by atoms with Gasteiger partial charge in [0.25, 0.3) is 23.5 Å². The highest BCUT2D eigenvalue weighted by Gasteiger charge is 2.46. The number of benzene rings is 2. The lowest BCUT2D eigenvalue weighted by Gasteiger charge is -2.41. The number of rotatable bonds is 8. The Labute approximate surface area is 406 Å². The standard InChI is InChI=1S/C50H51F3N12O6/c51-50(52,53)49-59-58-40-13-14-41(60-65(40)49)62-24-18-33(19-25-62)32-7-9-34(10-8-32)56-45(68)38-11-6-31(28-54-38)5-4-30-16-22-61(23-17-30)35-20-26-63(27-21-35)43(67)29-55-37-3-1-2-36-44(37)48(71)64(47(36)70)39-12-15-42(66)57-46(39)69/h1-3,6-11,28,30,33,35,39,55H,12-27,29H2,(H,56,68)(H,57,66,69). The Kier molecular flexibility index (Phi) is 13.1. The number of alkyl halides is 3. The molecular formula is C50H51F3N12O6. The number of amidine groups is 1. The maximum atomic E-state index is 13.4. The first-order valence-electron chi connectivity index (χ1n) is 24.1. The lowest BCUT2D eigenvalue weighted by molar-refractivity contribution is -0.147. The van der Waals surface area contributed by atoms with Crippen LogP contribution in [0.3, 0.4) is 0 Å². The average Bonchev–Trinajstić information content (AvgIpc) is 3.93. The number of carbonyl (C=O) groups is 6. The van der Waals surface area contributed by atoms with Crippen molar-refractivity contribution >= 4 is 52.7 Å². The predicted octanol–water partition coefficient (Wildman–Crippen LogP) is 4.50. The molecule has 0 bridgehead atoms. The van der Waals surface area contributed by atoms with Gasteiger partial charge in [-0.05, 0) is 106 Å². The number of likely N-dealkylation sites (tertiary alicyclic amines) is 3. The molecule has 0 saturated carbocycles. The lowest BCUT2D eigenvalue weighted by atomic mass is 9.89. The normalized spacial score (nSPS) is 20.5. The molecule has 0 spiro atoms. The zero-order chi connectivity index (χ0) is 49.4. The van der Waals surface area contributed by atoms with E-state index in [-0.39, 0.29) is 65.7 Å². The molecule has 6 amide bonds. The number of hydrogen-bond acceptors (Lipinski definition) is 13. The van der Waals surface area contributed by atoms with Crippen molar-refractivity contribution in [2.45, 2.75) is 88.4 Å². The van der Waals surface area contributed by atoms with Crippen LogP contribution in [0.15, 0.2) is 65.9 Å². The highest BCUT2D eigenvalue weighted by molar-refractivity contribution is 6.25. The van der Waals surface area contributed by atoms with Crippen LogP contribution in [-0.2, 0) is 27.0 Å². The number of amides is 6. The zero-order valence-electron chi connectivity index (χ0n) is 38.7. The van der Waals surface area contributed by atoms with Crippen LogP contribution in [0.2, 0.25) is 0 Å². The second-order valence-corrected chi connectivity index (χ2v) is 18.8. The fourth-order valence-electron chi connectivity index (χ4n) is 10.5. The summed E-state index contributed by atoms with van der Waals surface area (Å²) in [6, 6.07) is 15.2. The van der Waals surface area contributed by atoms with Gasteiger partial charge in [0.2, 0.25) is 17.7 Å². The van der Waals surface area contributed by atoms with E-state index >= 15 is 0 Å². The number of carbonyl (C=O) groups excluding carboxylic acids is 6. The molecule has 6 aliphatic heterocycles. The topological polar surface area (TPSA) is 207 Å². The Bertz CT molecular complexity index is 2850. The van der Waals surface area contributed by atoms with Gasteiger partial charge in [0.05, 0.1) is 17.7 Å². The van der Waals surface area contributed by atoms with Crippen molar-refractivity contribution in [3.63, 3.8) is 0 Å². The number of halogens is 3. The van der Waals surface area contributed by atoms with Gasteiger partial charge in [-0.1, -0.05) is 30.0 Å². The van der Waals surface area contributed by atoms with Gasteiger partial charge in [-0.15, -0.1) is 10.2 Å². The van der Waals surface area contributed by atoms with Crippen LogP contribution in [0.5, 0.6) is 0 Å². The van der Waals surface area contributed by atoms with E-state index in [1.807, 2.05) is 34.1 Å². The molecule has 4 aromatic rings. The van der Waals surface area contributed by atoms with Crippen molar-refractivity contribution in [3.8, 4) is 11.8 Å². The van der Waals surface area contributed by atoms with Gasteiger partial charge in [-0.3, -0.25) is 39.0 Å². The van der Waals surface area contributed by atoms with Gasteiger partial charge in [-0.2, -0.15) is 22.9 Å². The third-order valence-electron chi connectivity index (χ3n) is 14.4. The summed E-state index contributed by atoms with van der Waals surface area (Å²) in [7, 11) is 0. The van der Waals surface area contributed by atoms with Gasteiger partial charge in [0.15, 0.2) is 5.82 Å². The Morgan fingerprint density at radius 3 is 2.27 bits per heavy atom. The molecule has 3 N–H and O–H groups in total. The molecule has 10 rings (SSSR count). The van der Waals surface area contributed by atoms with Crippen LogP contribution in [0, 0.1) is 17.8 Å². The number of hydrogen-bond donors (Lipinski definition) is 3. The molecule has 8 heterocycles. The Morgan fingerprint density at radius 1 is 0.803 bits per heavy atom. The predicted molar refractivity (Wildman–Crippen MR) is 251 cm³/mol. The van der Waals surface area contributed by atoms with Crippen molar-refractivity contribution in [2.24, 2.45) is 11.0 Å². The maximum absolute atomic E-state index is 13.4. The summed E-state index contributed by atoms with van der Waals surface area (Å²) in [6.45, 7) is 4.27. The highest BCUT2D eigenvalue weighted by atomic mass is 19.4. The van der Waals surface area contributed by atoms with E-state index in [2.05, 4.69) is 53.0 Å². The summed E-state index contributed by atoms with van der Waals surface area (Å²) >= 11 is 0. The minimum atomic E-state index is -4.63. The van der Waals surface area contributed by atoms with Crippen molar-refractivity contribution in [1.29, 1.82) is 0 Å². The molecule has 4 fully saturated rings. The summed E-state index contributed by atoms with van der Waals surface area (Å²) in [6.07, 6.45) is 3.06. The lowest BCUT2D eigenvalue weighted by Crippen LogP contribution is -2.54. The smallest absolute Gasteiger partial charge is 0.375 e. The molecule has 18 nitrogen and oxygen atoms in total. The molecule has 2 aromatic heterocycles. The molecule has 71 heavy (non-hydrogen) atoms. The molecule has 0 radical (unpaired) electrons. The Hall–Kier alpha value is -7.47. The zero-order valence-corrected chi connectivity index (χ0v) is 38.7. The van der Waals surface area contributed by atoms with Crippen molar-refractivity contribution < 1.29 is 41.9 Å². The first kappa shape index (κ1) is 47.2. The maximum Gasteiger partial charge on any atom is 0.453 e. The number of piperidine rings is 4. The molecular weight excluding hydrogens is 922 g/mol. The van der Waals surface area contributed by atoms with Gasteiger partial charge >= 0.3 is 6.18 Å². The summed E-state index contributed by atoms with van der Waals surface area (Å²) < 4.78 is 41.0. The molecule has 2 aromatic carbocycles. The number of aromatic nitrogens is 4. The van der Waals surface area contributed by atoms with E-state index in [9.17, 15) is 41.9 Å². The summed E-state index contributed by atoms with van der Waals surface area (Å²) in [5.41, 5.74) is 3.36. The van der Waals surface area contributed by atoms with E-state index < -0.39 is 41.7 Å². The largest absolute Gasteiger partial charge is 0.453 e. The number of pyridine rings is 1. The fraction of sp³-hybridized carbons (Fsp3) is 0.440. The van der Waals surface area contributed by atoms with Crippen LogP contribution in [0.1, 0.15) is 118 Å². The monoisotopic (exact) mass is 972 g/mol. The number of nitrogens with zero attached hydrogens (tertiary/aromatic N) is 9. The van der Waals surface area contributed by atoms with E-state index in [0.717, 1.165) is 72.3 Å². The minimum absolute atomic E-state index is 0.0272. The van der Waals surface area contributed by atoms with Crippen LogP contribution in [0.25, 0.3) is 0 Å². The van der Waals surface area contributed by atoms with E-state index in [0.29, 0.717) is 62.3 Å². The van der Waals surface area contributed by atoms with Crippen molar-refractivity contribution in [3.05, 3.63) is 100 Å². The van der Waals surface area contributed by atoms with Gasteiger partial charge in [-0.25, -0.2) is 4.98 Å². The molecule has 21 heteroatoms. The Balaban J connectivity index is 0.636. The van der Waals surface area contributed by atoms with Crippen LogP contribution in [0.4, 0.5) is 24.5 Å². The molecule has 368 valence electrons. The molecule has 4 saturated heterocycles. The Morgan fingerprint density at radius 2 is 1.56 bits per heavy atom. The van der Waals surface area contributed by atoms with E-state index in [1.165, 1.54) is 6.07 Å². The molecule has 6 aliphatic rings. The van der Waals surface area contributed by atoms with Gasteiger partial charge < -0.3 is 25.3 Å². The second-order valence-electron chi connectivity index (χ2n) is 18.8. The van der Waals surface area contributed by atoms with E-state index in [1.54, 1.807) is 30.5 Å². The van der Waals surface area contributed by atoms with Crippen LogP contribution >= 0.6 is 0 Å². The number of aryl methyl sites for hydroxylation is 1. The summed E-state index contributed by atoms with van der Waals surface area (Å²) in [4.78, 5) is 88.8. The van der Waals surface area contributed by atoms with Crippen molar-refractivity contribution in [2.75, 3.05) is 56.4 Å². The number of imide groups is 2. The average molecular weight is 973 g/mol. The third kappa shape index (κ3) is 9.98. The highest BCUT2D eigenvalue weighted by Crippen LogP contribution is 2.35. The van der Waals surface area contributed by atoms with Crippen LogP contribution < -0.4 is 16.0 Å². The van der Waals surface area contributed by atoms with Gasteiger partial charge in [0, 0.05) is 80.5 Å². The summed E-state index contributed by atoms with van der Waals surface area (Å²) in [5.74, 6) is 4.04. The molecule has 0 aliphatic carbocycles. The first-order valence-corrected chi connectivity index (χ1v) is 24.1. The number of nitrogens with one attached hydrogen (secondary N) is 3. The van der Waals surface area contributed by atoms with Gasteiger partial charge in [0.1, 0.15) is 17.6 Å². The SMILES string of the molecule is O=C1CCC(N2C(=O)c3cccc(NCC(=O)N4CCC(N5CCC(C#Cc6ccc(C(=O)Nc7ccc(C8CCN(C9=Nn%10c(nnc%10C(F)(F)F)CC9)CC8)cc7)nc6)CC5)CC4)c3C2=O)C(=O)N1. The first-order chi connectivity index (χ1) is 34.3. The number of anilines is 2. The van der Waals surface area contributed by atoms with Crippen molar-refractivity contribution in [1.82, 2.24) is 44.8 Å². The third-order valence-corrected chi connectivity index (χ3v) is 14.4. The minimum Gasteiger partial charge on any atom is -0.375 e.